The molecule has 0 fully saturated rings. The molecule has 1 atom stereocenters. The first kappa shape index (κ1) is 16.0. The van der Waals surface area contributed by atoms with Crippen molar-refractivity contribution in [2.24, 2.45) is 0 Å². The van der Waals surface area contributed by atoms with Crippen LogP contribution in [0.2, 0.25) is 0 Å². The summed E-state index contributed by atoms with van der Waals surface area (Å²) in [4.78, 5) is 16.2. The lowest BCUT2D eigenvalue weighted by molar-refractivity contribution is -0.122. The Morgan fingerprint density at radius 1 is 1.36 bits per heavy atom. The maximum atomic E-state index is 12.0. The summed E-state index contributed by atoms with van der Waals surface area (Å²) in [5, 5.41) is 7.09. The van der Waals surface area contributed by atoms with E-state index in [1.54, 1.807) is 0 Å². The molecule has 0 bridgehead atoms. The van der Waals surface area contributed by atoms with Gasteiger partial charge in [-0.15, -0.1) is 0 Å². The zero-order valence-electron chi connectivity index (χ0n) is 13.0. The highest BCUT2D eigenvalue weighted by Crippen LogP contribution is 2.10. The number of amides is 1. The first-order chi connectivity index (χ1) is 10.7. The molecule has 0 unspecified atom stereocenters. The third kappa shape index (κ3) is 4.58. The molecule has 0 aliphatic carbocycles. The summed E-state index contributed by atoms with van der Waals surface area (Å²) in [6.07, 6.45) is 2.80. The van der Waals surface area contributed by atoms with Gasteiger partial charge >= 0.3 is 0 Å². The van der Waals surface area contributed by atoms with Crippen molar-refractivity contribution in [1.29, 1.82) is 0 Å². The van der Waals surface area contributed by atoms with Crippen LogP contribution in [0.15, 0.2) is 36.7 Å². The highest BCUT2D eigenvalue weighted by molar-refractivity contribution is 5.76. The van der Waals surface area contributed by atoms with Crippen molar-refractivity contribution in [1.82, 2.24) is 20.1 Å². The van der Waals surface area contributed by atoms with Crippen LogP contribution in [0, 0.1) is 0 Å². The van der Waals surface area contributed by atoms with Gasteiger partial charge in [-0.3, -0.25) is 4.79 Å². The standard InChI is InChI=1S/C16H22N4O2/c1-3-10-20-16(17-12-18-20)13(2)19-15(21)9-11-22-14-7-5-4-6-8-14/h4-8,12-13H,3,9-11H2,1-2H3,(H,19,21)/t13-/m1/s1. The summed E-state index contributed by atoms with van der Waals surface area (Å²) in [5.74, 6) is 1.49. The number of carbonyl (C=O) groups is 1. The molecule has 118 valence electrons. The smallest absolute Gasteiger partial charge is 0.224 e. The maximum absolute atomic E-state index is 12.0. The van der Waals surface area contributed by atoms with Crippen LogP contribution in [0.1, 0.15) is 38.6 Å². The lowest BCUT2D eigenvalue weighted by Crippen LogP contribution is -2.30. The number of para-hydroxylation sites is 1. The number of aryl methyl sites for hydroxylation is 1. The summed E-state index contributed by atoms with van der Waals surface area (Å²) in [5.41, 5.74) is 0. The number of aromatic nitrogens is 3. The molecule has 0 saturated heterocycles. The first-order valence-corrected chi connectivity index (χ1v) is 7.55. The van der Waals surface area contributed by atoms with E-state index in [9.17, 15) is 4.79 Å². The van der Waals surface area contributed by atoms with Crippen LogP contribution < -0.4 is 10.1 Å². The summed E-state index contributed by atoms with van der Waals surface area (Å²) in [6, 6.07) is 9.30. The van der Waals surface area contributed by atoms with E-state index in [4.69, 9.17) is 4.74 Å². The second-order valence-electron chi connectivity index (χ2n) is 5.04. The van der Waals surface area contributed by atoms with E-state index >= 15 is 0 Å². The zero-order chi connectivity index (χ0) is 15.8. The van der Waals surface area contributed by atoms with Crippen LogP contribution in [0.3, 0.4) is 0 Å². The quantitative estimate of drug-likeness (QED) is 0.812. The Balaban J connectivity index is 1.77. The van der Waals surface area contributed by atoms with Gasteiger partial charge in [0.15, 0.2) is 0 Å². The van der Waals surface area contributed by atoms with Crippen molar-refractivity contribution in [3.8, 4) is 5.75 Å². The number of rotatable bonds is 8. The van der Waals surface area contributed by atoms with Crippen molar-refractivity contribution in [2.75, 3.05) is 6.61 Å². The van der Waals surface area contributed by atoms with Crippen LogP contribution in [0.5, 0.6) is 5.75 Å². The van der Waals surface area contributed by atoms with Crippen LogP contribution in [0.4, 0.5) is 0 Å². The minimum absolute atomic E-state index is 0.0607. The minimum atomic E-state index is -0.168. The summed E-state index contributed by atoms with van der Waals surface area (Å²) in [7, 11) is 0. The Hall–Kier alpha value is -2.37. The van der Waals surface area contributed by atoms with E-state index in [1.165, 1.54) is 6.33 Å². The maximum Gasteiger partial charge on any atom is 0.224 e. The molecule has 1 aromatic carbocycles. The van der Waals surface area contributed by atoms with Crippen molar-refractivity contribution in [3.63, 3.8) is 0 Å². The van der Waals surface area contributed by atoms with Crippen LogP contribution >= 0.6 is 0 Å². The lowest BCUT2D eigenvalue weighted by Gasteiger charge is -2.14. The van der Waals surface area contributed by atoms with Crippen molar-refractivity contribution < 1.29 is 9.53 Å². The van der Waals surface area contributed by atoms with Gasteiger partial charge in [-0.2, -0.15) is 5.10 Å². The molecule has 0 radical (unpaired) electrons. The molecule has 1 amide bonds. The largest absolute Gasteiger partial charge is 0.493 e. The first-order valence-electron chi connectivity index (χ1n) is 7.55. The fourth-order valence-corrected chi connectivity index (χ4v) is 2.15. The zero-order valence-corrected chi connectivity index (χ0v) is 13.0. The number of carbonyl (C=O) groups excluding carboxylic acids is 1. The number of benzene rings is 1. The number of nitrogens with one attached hydrogen (secondary N) is 1. The van der Waals surface area contributed by atoms with Gasteiger partial charge in [-0.05, 0) is 25.5 Å². The third-order valence-corrected chi connectivity index (χ3v) is 3.19. The highest BCUT2D eigenvalue weighted by atomic mass is 16.5. The highest BCUT2D eigenvalue weighted by Gasteiger charge is 2.15. The average Bonchev–Trinajstić information content (AvgIpc) is 2.97. The van der Waals surface area contributed by atoms with E-state index in [2.05, 4.69) is 22.3 Å². The molecule has 1 heterocycles. The fraction of sp³-hybridized carbons (Fsp3) is 0.438. The molecular formula is C16H22N4O2. The molecule has 22 heavy (non-hydrogen) atoms. The van der Waals surface area contributed by atoms with Gasteiger partial charge in [0.2, 0.25) is 5.91 Å². The van der Waals surface area contributed by atoms with Crippen LogP contribution in [-0.4, -0.2) is 27.3 Å². The molecule has 6 nitrogen and oxygen atoms in total. The predicted octanol–water partition coefficient (Wildman–Crippen LogP) is 2.33. The molecule has 1 N–H and O–H groups in total. The van der Waals surface area contributed by atoms with Gasteiger partial charge in [0.25, 0.3) is 0 Å². The van der Waals surface area contributed by atoms with Gasteiger partial charge in [-0.25, -0.2) is 9.67 Å². The SMILES string of the molecule is CCCn1ncnc1[C@@H](C)NC(=O)CCOc1ccccc1. The van der Waals surface area contributed by atoms with Crippen LogP contribution in [-0.2, 0) is 11.3 Å². The number of nitrogens with zero attached hydrogens (tertiary/aromatic N) is 3. The number of hydrogen-bond acceptors (Lipinski definition) is 4. The van der Waals surface area contributed by atoms with Gasteiger partial charge in [0.05, 0.1) is 19.1 Å². The molecule has 0 aliphatic heterocycles. The molecule has 0 saturated carbocycles. The van der Waals surface area contributed by atoms with E-state index in [0.29, 0.717) is 13.0 Å². The Morgan fingerprint density at radius 3 is 2.86 bits per heavy atom. The molecule has 2 aromatic rings. The molecular weight excluding hydrogens is 280 g/mol. The Labute approximate surface area is 130 Å². The van der Waals surface area contributed by atoms with Crippen molar-refractivity contribution in [2.45, 2.75) is 39.3 Å². The minimum Gasteiger partial charge on any atom is -0.493 e. The molecule has 1 aromatic heterocycles. The second-order valence-corrected chi connectivity index (χ2v) is 5.04. The van der Waals surface area contributed by atoms with E-state index in [1.807, 2.05) is 41.9 Å². The Bertz CT molecular complexity index is 583. The molecule has 0 spiro atoms. The summed E-state index contributed by atoms with van der Waals surface area (Å²) >= 11 is 0. The monoisotopic (exact) mass is 302 g/mol. The predicted molar refractivity (Wildman–Crippen MR) is 83.4 cm³/mol. The van der Waals surface area contributed by atoms with E-state index in [0.717, 1.165) is 24.5 Å². The van der Waals surface area contributed by atoms with Crippen molar-refractivity contribution >= 4 is 5.91 Å². The third-order valence-electron chi connectivity index (χ3n) is 3.19. The normalized spacial score (nSPS) is 11.9. The Kier molecular flexibility index (Phi) is 5.94. The van der Waals surface area contributed by atoms with Crippen molar-refractivity contribution in [3.05, 3.63) is 42.5 Å². The number of ether oxygens (including phenoxy) is 1. The topological polar surface area (TPSA) is 69.0 Å². The van der Waals surface area contributed by atoms with Gasteiger partial charge < -0.3 is 10.1 Å². The van der Waals surface area contributed by atoms with E-state index in [-0.39, 0.29) is 11.9 Å². The molecule has 6 heteroatoms. The lowest BCUT2D eigenvalue weighted by atomic mass is 10.3. The fourth-order valence-electron chi connectivity index (χ4n) is 2.15. The van der Waals surface area contributed by atoms with E-state index < -0.39 is 0 Å². The van der Waals surface area contributed by atoms with Gasteiger partial charge in [0.1, 0.15) is 17.9 Å². The molecule has 0 aliphatic rings. The van der Waals surface area contributed by atoms with Gasteiger partial charge in [0, 0.05) is 6.54 Å². The summed E-state index contributed by atoms with van der Waals surface area (Å²) < 4.78 is 7.34. The molecule has 2 rings (SSSR count). The van der Waals surface area contributed by atoms with Gasteiger partial charge in [-0.1, -0.05) is 25.1 Å². The second kappa shape index (κ2) is 8.17. The summed E-state index contributed by atoms with van der Waals surface area (Å²) in [6.45, 7) is 5.14. The Morgan fingerprint density at radius 2 is 2.14 bits per heavy atom. The average molecular weight is 302 g/mol. The van der Waals surface area contributed by atoms with Crippen LogP contribution in [0.25, 0.3) is 0 Å². The number of hydrogen-bond donors (Lipinski definition) is 1.